The van der Waals surface area contributed by atoms with E-state index in [-0.39, 0.29) is 11.8 Å². The molecule has 30 heavy (non-hydrogen) atoms. The van der Waals surface area contributed by atoms with E-state index in [1.807, 2.05) is 19.1 Å². The van der Waals surface area contributed by atoms with Crippen molar-refractivity contribution in [3.8, 4) is 0 Å². The summed E-state index contributed by atoms with van der Waals surface area (Å²) in [5.41, 5.74) is 10.9. The van der Waals surface area contributed by atoms with Crippen molar-refractivity contribution in [2.24, 2.45) is 5.73 Å². The Kier molecular flexibility index (Phi) is 5.86. The van der Waals surface area contributed by atoms with Crippen molar-refractivity contribution < 1.29 is 13.9 Å². The lowest BCUT2D eigenvalue weighted by atomic mass is 9.96. The fourth-order valence-corrected chi connectivity index (χ4v) is 4.04. The molecule has 1 aliphatic rings. The summed E-state index contributed by atoms with van der Waals surface area (Å²) in [6.45, 7) is 4.01. The van der Waals surface area contributed by atoms with E-state index in [2.05, 4.69) is 23.5 Å². The van der Waals surface area contributed by atoms with E-state index in [0.29, 0.717) is 29.9 Å². The highest BCUT2D eigenvalue weighted by atomic mass is 16.5. The van der Waals surface area contributed by atoms with Crippen molar-refractivity contribution in [2.75, 3.05) is 6.61 Å². The van der Waals surface area contributed by atoms with Crippen molar-refractivity contribution in [1.82, 2.24) is 5.32 Å². The molecule has 0 saturated carbocycles. The summed E-state index contributed by atoms with van der Waals surface area (Å²) in [5.74, 6) is -0.107. The van der Waals surface area contributed by atoms with Crippen LogP contribution in [0.3, 0.4) is 0 Å². The minimum absolute atomic E-state index is 0.00568. The van der Waals surface area contributed by atoms with Crippen LogP contribution < -0.4 is 11.1 Å². The second kappa shape index (κ2) is 8.71. The second-order valence-electron chi connectivity index (χ2n) is 7.72. The number of hydrogen-bond acceptors (Lipinski definition) is 5. The molecule has 0 spiro atoms. The number of amidine groups is 1. The number of hydrogen-bond donors (Lipinski definition) is 3. The average Bonchev–Trinajstić information content (AvgIpc) is 3.36. The number of rotatable bonds is 8. The van der Waals surface area contributed by atoms with Gasteiger partial charge in [-0.3, -0.25) is 10.2 Å². The molecule has 0 amide bonds. The summed E-state index contributed by atoms with van der Waals surface area (Å²) >= 11 is 0. The Morgan fingerprint density at radius 2 is 2.03 bits per heavy atom. The maximum absolute atomic E-state index is 12.6. The molecular formula is C24H27N3O3. The maximum atomic E-state index is 12.6. The van der Waals surface area contributed by atoms with Crippen molar-refractivity contribution in [1.29, 1.82) is 5.41 Å². The minimum Gasteiger partial charge on any atom is -0.465 e. The smallest absolute Gasteiger partial charge is 0.316 e. The molecule has 156 valence electrons. The standard InChI is InChI=1S/C24H27N3O3/c1-2-29-24(28)20(5-3-4-15-6-7-17-13-27-14-19(17)10-15)22-12-18-11-16(23(25)26)8-9-21(18)30-22/h6-12,20,27H,2-5,13-14H2,1H3,(H3,25,26). The molecule has 0 aliphatic carbocycles. The molecule has 1 aliphatic heterocycles. The van der Waals surface area contributed by atoms with Crippen LogP contribution in [0, 0.1) is 5.41 Å². The fraction of sp³-hybridized carbons (Fsp3) is 0.333. The quantitative estimate of drug-likeness (QED) is 0.299. The number of nitrogens with one attached hydrogen (secondary N) is 2. The highest BCUT2D eigenvalue weighted by Crippen LogP contribution is 2.30. The van der Waals surface area contributed by atoms with E-state index in [9.17, 15) is 4.79 Å². The van der Waals surface area contributed by atoms with Gasteiger partial charge in [0, 0.05) is 24.0 Å². The Balaban J connectivity index is 1.50. The predicted molar refractivity (Wildman–Crippen MR) is 117 cm³/mol. The van der Waals surface area contributed by atoms with E-state index in [1.54, 1.807) is 12.1 Å². The molecular weight excluding hydrogens is 378 g/mol. The highest BCUT2D eigenvalue weighted by Gasteiger charge is 2.25. The van der Waals surface area contributed by atoms with Crippen LogP contribution in [0.15, 0.2) is 46.9 Å². The van der Waals surface area contributed by atoms with Crippen molar-refractivity contribution in [2.45, 2.75) is 45.2 Å². The van der Waals surface area contributed by atoms with Gasteiger partial charge in [0.25, 0.3) is 0 Å². The number of aryl methyl sites for hydroxylation is 1. The van der Waals surface area contributed by atoms with E-state index in [0.717, 1.165) is 31.3 Å². The molecule has 6 heteroatoms. The molecule has 1 atom stereocenters. The van der Waals surface area contributed by atoms with Crippen molar-refractivity contribution >= 4 is 22.8 Å². The van der Waals surface area contributed by atoms with Crippen molar-refractivity contribution in [3.63, 3.8) is 0 Å². The number of benzene rings is 2. The molecule has 1 aromatic heterocycles. The Bertz CT molecular complexity index is 1090. The van der Waals surface area contributed by atoms with Gasteiger partial charge in [-0.1, -0.05) is 18.2 Å². The first-order valence-corrected chi connectivity index (χ1v) is 10.4. The van der Waals surface area contributed by atoms with Gasteiger partial charge in [0.05, 0.1) is 6.61 Å². The molecule has 1 unspecified atom stereocenters. The van der Waals surface area contributed by atoms with Gasteiger partial charge >= 0.3 is 5.97 Å². The fourth-order valence-electron chi connectivity index (χ4n) is 4.04. The molecule has 0 bridgehead atoms. The maximum Gasteiger partial charge on any atom is 0.316 e. The molecule has 2 heterocycles. The van der Waals surface area contributed by atoms with Crippen LogP contribution in [0.25, 0.3) is 11.0 Å². The Hall–Kier alpha value is -3.12. The number of furan rings is 1. The molecule has 3 aromatic rings. The van der Waals surface area contributed by atoms with Gasteiger partial charge < -0.3 is 20.2 Å². The summed E-state index contributed by atoms with van der Waals surface area (Å²) < 4.78 is 11.3. The number of fused-ring (bicyclic) bond motifs is 2. The monoisotopic (exact) mass is 405 g/mol. The van der Waals surface area contributed by atoms with Crippen LogP contribution in [0.4, 0.5) is 0 Å². The molecule has 2 aromatic carbocycles. The van der Waals surface area contributed by atoms with E-state index in [1.165, 1.54) is 16.7 Å². The third-order valence-corrected chi connectivity index (χ3v) is 5.62. The predicted octanol–water partition coefficient (Wildman–Crippen LogP) is 3.99. The highest BCUT2D eigenvalue weighted by molar-refractivity contribution is 5.98. The van der Waals surface area contributed by atoms with E-state index in [4.69, 9.17) is 20.3 Å². The lowest BCUT2D eigenvalue weighted by molar-refractivity contribution is -0.145. The summed E-state index contributed by atoms with van der Waals surface area (Å²) in [6.07, 6.45) is 2.40. The zero-order valence-corrected chi connectivity index (χ0v) is 17.2. The van der Waals surface area contributed by atoms with Gasteiger partial charge in [-0.25, -0.2) is 0 Å². The van der Waals surface area contributed by atoms with Crippen LogP contribution in [0.1, 0.15) is 53.7 Å². The van der Waals surface area contributed by atoms with Gasteiger partial charge in [-0.2, -0.15) is 0 Å². The van der Waals surface area contributed by atoms with Gasteiger partial charge in [0.15, 0.2) is 0 Å². The van der Waals surface area contributed by atoms with Crippen LogP contribution in [-0.2, 0) is 29.0 Å². The van der Waals surface area contributed by atoms with Gasteiger partial charge in [0.2, 0.25) is 0 Å². The normalized spacial score (nSPS) is 13.9. The Labute approximate surface area is 175 Å². The van der Waals surface area contributed by atoms with Gasteiger partial charge in [-0.15, -0.1) is 0 Å². The van der Waals surface area contributed by atoms with Crippen LogP contribution >= 0.6 is 0 Å². The van der Waals surface area contributed by atoms with Gasteiger partial charge in [0.1, 0.15) is 23.1 Å². The van der Waals surface area contributed by atoms with Gasteiger partial charge in [-0.05, 0) is 67.1 Å². The largest absolute Gasteiger partial charge is 0.465 e. The molecule has 0 radical (unpaired) electrons. The summed E-state index contributed by atoms with van der Waals surface area (Å²) in [6, 6.07) is 13.8. The topological polar surface area (TPSA) is 101 Å². The molecule has 0 saturated heterocycles. The number of nitrogens with two attached hydrogens (primary N) is 1. The summed E-state index contributed by atoms with van der Waals surface area (Å²) in [5, 5.41) is 11.8. The molecule has 6 nitrogen and oxygen atoms in total. The zero-order chi connectivity index (χ0) is 21.1. The summed E-state index contributed by atoms with van der Waals surface area (Å²) in [4.78, 5) is 12.6. The molecule has 4 rings (SSSR count). The Morgan fingerprint density at radius 1 is 1.20 bits per heavy atom. The SMILES string of the molecule is CCOC(=O)C(CCCc1ccc2c(c1)CNC2)c1cc2cc(C(=N)N)ccc2o1. The molecule has 0 fully saturated rings. The first kappa shape index (κ1) is 20.2. The number of ether oxygens (including phenoxy) is 1. The number of carbonyl (C=O) groups excluding carboxylic acids is 1. The minimum atomic E-state index is -0.450. The van der Waals surface area contributed by atoms with Crippen LogP contribution in [-0.4, -0.2) is 18.4 Å². The third kappa shape index (κ3) is 4.24. The number of esters is 1. The Morgan fingerprint density at radius 3 is 2.83 bits per heavy atom. The summed E-state index contributed by atoms with van der Waals surface area (Å²) in [7, 11) is 0. The first-order valence-electron chi connectivity index (χ1n) is 10.4. The zero-order valence-electron chi connectivity index (χ0n) is 17.2. The average molecular weight is 405 g/mol. The lowest BCUT2D eigenvalue weighted by Crippen LogP contribution is -2.16. The number of carbonyl (C=O) groups is 1. The van der Waals surface area contributed by atoms with Crippen LogP contribution in [0.5, 0.6) is 0 Å². The lowest BCUT2D eigenvalue weighted by Gasteiger charge is -2.13. The van der Waals surface area contributed by atoms with E-state index < -0.39 is 5.92 Å². The molecule has 4 N–H and O–H groups in total. The third-order valence-electron chi connectivity index (χ3n) is 5.62. The second-order valence-corrected chi connectivity index (χ2v) is 7.72. The number of nitrogen functional groups attached to an aromatic ring is 1. The first-order chi connectivity index (χ1) is 14.5. The van der Waals surface area contributed by atoms with Crippen LogP contribution in [0.2, 0.25) is 0 Å². The van der Waals surface area contributed by atoms with Crippen molar-refractivity contribution in [3.05, 3.63) is 70.5 Å². The van der Waals surface area contributed by atoms with E-state index >= 15 is 0 Å².